The number of hydrogen-bond acceptors (Lipinski definition) is 11. The molecule has 0 N–H and O–H groups in total. The van der Waals surface area contributed by atoms with Crippen molar-refractivity contribution in [3.63, 3.8) is 0 Å². The minimum absolute atomic E-state index is 0. The van der Waals surface area contributed by atoms with Gasteiger partial charge in [-0.25, -0.2) is 0 Å². The third-order valence-corrected chi connectivity index (χ3v) is 9.49. The van der Waals surface area contributed by atoms with Crippen LogP contribution in [0.5, 0.6) is 17.2 Å². The van der Waals surface area contributed by atoms with E-state index < -0.39 is 0 Å². The van der Waals surface area contributed by atoms with Crippen molar-refractivity contribution in [3.8, 4) is 17.2 Å². The Kier molecular flexibility index (Phi) is 36.0. The Bertz CT molecular complexity index is 1780. The average molecular weight is 1210 g/mol. The van der Waals surface area contributed by atoms with Gasteiger partial charge in [-0.3, -0.25) is 19.8 Å². The Morgan fingerprint density at radius 1 is 0.548 bits per heavy atom. The second-order valence-electron chi connectivity index (χ2n) is 14.1. The average Bonchev–Trinajstić information content (AvgIpc) is 3.18. The molecule has 0 unspecified atom stereocenters. The first-order valence-electron chi connectivity index (χ1n) is 18.8. The summed E-state index contributed by atoms with van der Waals surface area (Å²) in [6.07, 6.45) is 11.6. The van der Waals surface area contributed by atoms with E-state index in [0.29, 0.717) is 48.4 Å². The van der Waals surface area contributed by atoms with E-state index in [9.17, 15) is 20.1 Å². The van der Waals surface area contributed by atoms with Crippen LogP contribution in [-0.4, -0.2) is 153 Å². The first kappa shape index (κ1) is 61.9. The van der Waals surface area contributed by atoms with E-state index in [0.717, 1.165) is 44.1 Å². The van der Waals surface area contributed by atoms with Crippen LogP contribution in [0.2, 0.25) is 0 Å². The van der Waals surface area contributed by atoms with E-state index in [1.807, 2.05) is 56.4 Å². The summed E-state index contributed by atoms with van der Waals surface area (Å²) in [5.41, 5.74) is 2.51. The molecular weight excluding hydrogens is 1150 g/mol. The van der Waals surface area contributed by atoms with Crippen molar-refractivity contribution in [2.24, 2.45) is 15.0 Å². The number of aliphatic imine (C=N–C) groups is 3. The summed E-state index contributed by atoms with van der Waals surface area (Å²) in [5, 5.41) is 38.3. The third kappa shape index (κ3) is 30.8. The number of benzene rings is 3. The fraction of sp³-hybridized carbons (Fsp3) is 0.364. The molecule has 0 spiro atoms. The summed E-state index contributed by atoms with van der Waals surface area (Å²) in [6.45, 7) is 6.38. The third-order valence-electron chi connectivity index (χ3n) is 7.51. The number of allylic oxidation sites excluding steroid dienone is 5. The summed E-state index contributed by atoms with van der Waals surface area (Å²) in [5.74, 6) is 0.0252. The Morgan fingerprint density at radius 2 is 0.887 bits per heavy atom. The summed E-state index contributed by atoms with van der Waals surface area (Å²) < 4.78 is 3.60. The van der Waals surface area contributed by atoms with Crippen LogP contribution in [0.3, 0.4) is 0 Å². The molecule has 3 aromatic rings. The number of rotatable bonds is 16. The quantitative estimate of drug-likeness (QED) is 0.0664. The molecule has 18 heteroatoms. The van der Waals surface area contributed by atoms with Crippen molar-refractivity contribution in [2.75, 3.05) is 109 Å². The van der Waals surface area contributed by atoms with Crippen LogP contribution in [0.4, 0.5) is 0 Å². The van der Waals surface area contributed by atoms with Gasteiger partial charge in [0.15, 0.2) is 5.78 Å². The minimum atomic E-state index is 0. The van der Waals surface area contributed by atoms with Gasteiger partial charge in [-0.05, 0) is 134 Å². The molecule has 0 saturated heterocycles. The van der Waals surface area contributed by atoms with Gasteiger partial charge in [0, 0.05) is 61.8 Å². The molecule has 0 atom stereocenters. The van der Waals surface area contributed by atoms with E-state index in [1.54, 1.807) is 73.4 Å². The molecule has 3 aromatic carbocycles. The van der Waals surface area contributed by atoms with Gasteiger partial charge in [-0.1, -0.05) is 99.2 Å². The molecule has 12 nitrogen and oxygen atoms in total. The second kappa shape index (κ2) is 36.0. The number of ketones is 1. The van der Waals surface area contributed by atoms with Crippen LogP contribution in [0.1, 0.15) is 16.7 Å². The zero-order valence-corrected chi connectivity index (χ0v) is 49.3. The molecule has 1 aliphatic carbocycles. The number of halogens is 4. The van der Waals surface area contributed by atoms with Gasteiger partial charge in [-0.2, -0.15) is 6.20 Å². The number of nitrogens with zero attached hydrogens (tertiary/aromatic N) is 8. The van der Waals surface area contributed by atoms with Crippen LogP contribution >= 0.6 is 63.7 Å². The van der Waals surface area contributed by atoms with Crippen LogP contribution in [0.15, 0.2) is 117 Å². The van der Waals surface area contributed by atoms with Crippen LogP contribution < -0.4 is 15.3 Å². The van der Waals surface area contributed by atoms with E-state index in [4.69, 9.17) is 0 Å². The second-order valence-corrected chi connectivity index (χ2v) is 17.7. The predicted molar refractivity (Wildman–Crippen MR) is 260 cm³/mol. The van der Waals surface area contributed by atoms with Gasteiger partial charge in [0.2, 0.25) is 0 Å². The van der Waals surface area contributed by atoms with Gasteiger partial charge in [0.05, 0.1) is 19.6 Å². The van der Waals surface area contributed by atoms with Crippen molar-refractivity contribution >= 4 is 88.1 Å². The molecular formula is C44H56Br4N8O4Zn2. The largest absolute Gasteiger partial charge is 2.00 e. The van der Waals surface area contributed by atoms with E-state index in [2.05, 4.69) is 104 Å². The predicted octanol–water partition coefficient (Wildman–Crippen LogP) is 6.73. The maximum atomic E-state index is 11.4. The van der Waals surface area contributed by atoms with Crippen molar-refractivity contribution in [2.45, 2.75) is 0 Å². The van der Waals surface area contributed by atoms with Crippen LogP contribution in [0.25, 0.3) is 5.32 Å². The molecule has 0 saturated carbocycles. The first-order chi connectivity index (χ1) is 28.4. The van der Waals surface area contributed by atoms with E-state index >= 15 is 0 Å². The van der Waals surface area contributed by atoms with Gasteiger partial charge < -0.3 is 40.2 Å². The standard InChI is InChI=1S/4C11H15BrN2O.2Zn/c4*1-14(2)6-5-13-8-9-7-10(12)3-4-11(9)15;;/h3-4,7-8H,5-6H2,1-2H3,(H,13,15);3*3-4,7-8,15H,5-6H2,1-2H3;;/q;;;;2*+2/p-4. The Labute approximate surface area is 428 Å². The molecule has 62 heavy (non-hydrogen) atoms. The van der Waals surface area contributed by atoms with Crippen molar-refractivity contribution < 1.29 is 59.1 Å². The number of hydrogen-bond donors (Lipinski definition) is 0. The molecule has 0 aliphatic heterocycles. The molecule has 1 aliphatic rings. The molecule has 0 heterocycles. The maximum absolute atomic E-state index is 11.4. The Balaban J connectivity index is 0. The fourth-order valence-corrected chi connectivity index (χ4v) is 5.68. The Morgan fingerprint density at radius 3 is 1.21 bits per heavy atom. The zero-order valence-electron chi connectivity index (χ0n) is 37.0. The molecule has 0 amide bonds. The number of carbonyl (C=O) groups excluding carboxylic acids is 1. The van der Waals surface area contributed by atoms with Crippen molar-refractivity contribution in [1.82, 2.24) is 19.6 Å². The van der Waals surface area contributed by atoms with Crippen molar-refractivity contribution in [1.29, 1.82) is 0 Å². The number of likely N-dealkylation sites (N-methyl/N-ethyl adjacent to an activating group) is 4. The number of carbonyl (C=O) groups is 1. The molecule has 0 fully saturated rings. The summed E-state index contributed by atoms with van der Waals surface area (Å²) >= 11 is 13.3. The maximum Gasteiger partial charge on any atom is 2.00 e. The van der Waals surface area contributed by atoms with Crippen LogP contribution in [-0.2, 0) is 43.8 Å². The smallest absolute Gasteiger partial charge is 0.872 e. The van der Waals surface area contributed by atoms with Gasteiger partial charge in [0.25, 0.3) is 0 Å². The molecule has 328 valence electrons. The summed E-state index contributed by atoms with van der Waals surface area (Å²) in [6, 6.07) is 15.2. The molecule has 0 radical (unpaired) electrons. The van der Waals surface area contributed by atoms with E-state index in [1.165, 1.54) is 24.3 Å². The molecule has 0 bridgehead atoms. The monoisotopic (exact) mass is 1200 g/mol. The summed E-state index contributed by atoms with van der Waals surface area (Å²) in [7, 11) is 15.9. The SMILES string of the molecule is CN(C)CCN=Cc1cc(Br)ccc1[O-].CN(C)CCN=Cc1cc(Br)ccc1[O-].CN(C)CCN=Cc1cc(Br)ccc1[O-].CN(C)CC[N-]/C=C1/C=C(Br)C=CC1=O.[Zn+2].[Zn+2]. The van der Waals surface area contributed by atoms with E-state index in [-0.39, 0.29) is 62.0 Å². The first-order valence-corrected chi connectivity index (χ1v) is 22.0. The topological polar surface area (TPSA) is 150 Å². The normalized spacial score (nSPS) is 12.8. The Hall–Kier alpha value is -2.23. The van der Waals surface area contributed by atoms with Crippen LogP contribution in [0, 0.1) is 0 Å². The minimum Gasteiger partial charge on any atom is -0.872 e. The van der Waals surface area contributed by atoms with Crippen molar-refractivity contribution in [3.05, 3.63) is 125 Å². The zero-order chi connectivity index (χ0) is 45.0. The van der Waals surface area contributed by atoms with Gasteiger partial charge >= 0.3 is 39.0 Å². The fourth-order valence-electron chi connectivity index (χ4n) is 4.16. The molecule has 0 aromatic heterocycles. The van der Waals surface area contributed by atoms with Gasteiger partial charge in [-0.15, -0.1) is 6.54 Å². The van der Waals surface area contributed by atoms with Gasteiger partial charge in [0.1, 0.15) is 0 Å². The molecule has 4 rings (SSSR count). The summed E-state index contributed by atoms with van der Waals surface area (Å²) in [4.78, 5) is 32.2.